The van der Waals surface area contributed by atoms with Gasteiger partial charge in [-0.25, -0.2) is 4.79 Å². The number of methoxy groups -OCH3 is 1. The number of nitrogens with zero attached hydrogens (tertiary/aromatic N) is 1. The number of ether oxygens (including phenoxy) is 1. The molecule has 0 unspecified atom stereocenters. The topological polar surface area (TPSA) is 59.8 Å². The number of rotatable bonds is 6. The molecule has 1 heterocycles. The zero-order valence-electron chi connectivity index (χ0n) is 16.2. The molecule has 5 nitrogen and oxygen atoms in total. The summed E-state index contributed by atoms with van der Waals surface area (Å²) < 4.78 is 10.4. The molecule has 28 heavy (non-hydrogen) atoms. The Balaban J connectivity index is 1.86. The van der Waals surface area contributed by atoms with Crippen molar-refractivity contribution in [1.29, 1.82) is 0 Å². The van der Waals surface area contributed by atoms with Crippen molar-refractivity contribution in [2.24, 2.45) is 0 Å². The Kier molecular flexibility index (Phi) is 5.94. The fraction of sp³-hybridized carbons (Fsp3) is 0.217. The summed E-state index contributed by atoms with van der Waals surface area (Å²) in [5, 5.41) is 0. The molecule has 0 saturated carbocycles. The molecule has 0 saturated heterocycles. The van der Waals surface area contributed by atoms with Crippen molar-refractivity contribution in [3.8, 4) is 0 Å². The number of carbonyl (C=O) groups is 2. The summed E-state index contributed by atoms with van der Waals surface area (Å²) in [7, 11) is 3.06. The van der Waals surface area contributed by atoms with E-state index in [-0.39, 0.29) is 12.5 Å². The summed E-state index contributed by atoms with van der Waals surface area (Å²) >= 11 is 0. The molecular weight excluding hydrogens is 354 g/mol. The predicted molar refractivity (Wildman–Crippen MR) is 106 cm³/mol. The minimum Gasteiger partial charge on any atom is -0.465 e. The maximum absolute atomic E-state index is 13.3. The first-order valence-electron chi connectivity index (χ1n) is 9.03. The van der Waals surface area contributed by atoms with Crippen molar-refractivity contribution in [2.75, 3.05) is 14.2 Å². The lowest BCUT2D eigenvalue weighted by Crippen LogP contribution is -2.31. The normalized spacial score (nSPS) is 10.7. The van der Waals surface area contributed by atoms with Gasteiger partial charge in [0.1, 0.15) is 17.1 Å². The zero-order chi connectivity index (χ0) is 20.1. The summed E-state index contributed by atoms with van der Waals surface area (Å²) in [4.78, 5) is 26.7. The van der Waals surface area contributed by atoms with Crippen molar-refractivity contribution >= 4 is 11.9 Å². The van der Waals surface area contributed by atoms with E-state index in [0.29, 0.717) is 17.1 Å². The van der Waals surface area contributed by atoms with Crippen LogP contribution in [-0.4, -0.2) is 30.9 Å². The highest BCUT2D eigenvalue weighted by atomic mass is 16.5. The van der Waals surface area contributed by atoms with Gasteiger partial charge >= 0.3 is 5.97 Å². The van der Waals surface area contributed by atoms with Crippen LogP contribution in [0, 0.1) is 6.92 Å². The minimum atomic E-state index is -0.451. The van der Waals surface area contributed by atoms with Crippen LogP contribution >= 0.6 is 0 Å². The first kappa shape index (κ1) is 19.4. The molecule has 0 atom stereocenters. The quantitative estimate of drug-likeness (QED) is 0.605. The van der Waals surface area contributed by atoms with Gasteiger partial charge in [0, 0.05) is 7.05 Å². The zero-order valence-corrected chi connectivity index (χ0v) is 16.2. The number of likely N-dealkylation sites (N-methyl/N-ethyl adjacent to an activating group) is 1. The molecule has 3 aromatic rings. The van der Waals surface area contributed by atoms with Gasteiger partial charge in [0.05, 0.1) is 19.6 Å². The van der Waals surface area contributed by atoms with E-state index in [1.165, 1.54) is 7.11 Å². The monoisotopic (exact) mass is 377 g/mol. The Morgan fingerprint density at radius 3 is 2.04 bits per heavy atom. The van der Waals surface area contributed by atoms with E-state index in [1.54, 1.807) is 24.9 Å². The van der Waals surface area contributed by atoms with Gasteiger partial charge in [0.2, 0.25) is 5.91 Å². The van der Waals surface area contributed by atoms with Gasteiger partial charge in [-0.3, -0.25) is 4.79 Å². The molecule has 0 fully saturated rings. The standard InChI is InChI=1S/C23H23NO4/c1-16-20(23(26)27-3)14-19(28-16)15-24(2)22(25)21(17-10-6-4-7-11-17)18-12-8-5-9-13-18/h4-14,21H,15H2,1-3H3. The number of hydrogen-bond donors (Lipinski definition) is 0. The lowest BCUT2D eigenvalue weighted by Gasteiger charge is -2.24. The molecule has 0 aliphatic rings. The SMILES string of the molecule is COC(=O)c1cc(CN(C)C(=O)C(c2ccccc2)c2ccccc2)oc1C. The second kappa shape index (κ2) is 8.57. The van der Waals surface area contributed by atoms with E-state index in [9.17, 15) is 9.59 Å². The number of hydrogen-bond acceptors (Lipinski definition) is 4. The lowest BCUT2D eigenvalue weighted by molar-refractivity contribution is -0.131. The highest BCUT2D eigenvalue weighted by Crippen LogP contribution is 2.27. The van der Waals surface area contributed by atoms with Crippen LogP contribution < -0.4 is 0 Å². The average molecular weight is 377 g/mol. The largest absolute Gasteiger partial charge is 0.465 e. The van der Waals surface area contributed by atoms with Crippen LogP contribution in [0.3, 0.4) is 0 Å². The molecule has 0 N–H and O–H groups in total. The van der Waals surface area contributed by atoms with Gasteiger partial charge in [0.15, 0.2) is 0 Å². The van der Waals surface area contributed by atoms with E-state index in [0.717, 1.165) is 11.1 Å². The molecule has 144 valence electrons. The third-order valence-corrected chi connectivity index (χ3v) is 4.66. The van der Waals surface area contributed by atoms with Gasteiger partial charge in [-0.2, -0.15) is 0 Å². The molecule has 3 rings (SSSR count). The second-order valence-corrected chi connectivity index (χ2v) is 6.62. The molecule has 0 bridgehead atoms. The number of esters is 1. The molecule has 0 radical (unpaired) electrons. The Bertz CT molecular complexity index is 908. The number of amides is 1. The number of carbonyl (C=O) groups excluding carboxylic acids is 2. The molecule has 0 aliphatic heterocycles. The van der Waals surface area contributed by atoms with Crippen LogP contribution in [-0.2, 0) is 16.1 Å². The van der Waals surface area contributed by atoms with Crippen LogP contribution in [0.1, 0.15) is 38.9 Å². The fourth-order valence-electron chi connectivity index (χ4n) is 3.23. The Morgan fingerprint density at radius 2 is 1.54 bits per heavy atom. The number of furan rings is 1. The average Bonchev–Trinajstić information content (AvgIpc) is 3.09. The summed E-state index contributed by atoms with van der Waals surface area (Å²) in [6, 6.07) is 21.0. The van der Waals surface area contributed by atoms with Gasteiger partial charge < -0.3 is 14.1 Å². The summed E-state index contributed by atoms with van der Waals surface area (Å²) in [5.74, 6) is 0.0986. The van der Waals surface area contributed by atoms with E-state index >= 15 is 0 Å². The van der Waals surface area contributed by atoms with E-state index in [2.05, 4.69) is 0 Å². The minimum absolute atomic E-state index is 0.0499. The first-order valence-corrected chi connectivity index (χ1v) is 9.03. The van der Waals surface area contributed by atoms with Crippen LogP contribution in [0.2, 0.25) is 0 Å². The molecule has 1 aromatic heterocycles. The molecule has 0 aliphatic carbocycles. The maximum atomic E-state index is 13.3. The van der Waals surface area contributed by atoms with Gasteiger partial charge in [0.25, 0.3) is 0 Å². The fourth-order valence-corrected chi connectivity index (χ4v) is 3.23. The highest BCUT2D eigenvalue weighted by Gasteiger charge is 2.26. The van der Waals surface area contributed by atoms with Crippen LogP contribution in [0.25, 0.3) is 0 Å². The third kappa shape index (κ3) is 4.14. The van der Waals surface area contributed by atoms with Crippen LogP contribution in [0.15, 0.2) is 71.1 Å². The molecule has 2 aromatic carbocycles. The Morgan fingerprint density at radius 1 is 1.00 bits per heavy atom. The lowest BCUT2D eigenvalue weighted by atomic mass is 9.90. The number of benzene rings is 2. The highest BCUT2D eigenvalue weighted by molar-refractivity contribution is 5.90. The van der Waals surface area contributed by atoms with E-state index in [1.807, 2.05) is 60.7 Å². The first-order chi connectivity index (χ1) is 13.5. The maximum Gasteiger partial charge on any atom is 0.341 e. The van der Waals surface area contributed by atoms with E-state index in [4.69, 9.17) is 9.15 Å². The van der Waals surface area contributed by atoms with Gasteiger partial charge in [-0.15, -0.1) is 0 Å². The summed E-state index contributed by atoms with van der Waals surface area (Å²) in [5.41, 5.74) is 2.23. The number of aryl methyl sites for hydroxylation is 1. The molecular formula is C23H23NO4. The summed E-state index contributed by atoms with van der Waals surface area (Å²) in [6.45, 7) is 1.96. The van der Waals surface area contributed by atoms with Crippen LogP contribution in [0.5, 0.6) is 0 Å². The molecule has 1 amide bonds. The molecule has 5 heteroatoms. The Labute approximate surface area is 164 Å². The second-order valence-electron chi connectivity index (χ2n) is 6.62. The predicted octanol–water partition coefficient (Wildman–Crippen LogP) is 4.17. The van der Waals surface area contributed by atoms with Gasteiger partial charge in [-0.05, 0) is 24.1 Å². The smallest absolute Gasteiger partial charge is 0.341 e. The third-order valence-electron chi connectivity index (χ3n) is 4.66. The Hall–Kier alpha value is -3.34. The van der Waals surface area contributed by atoms with Crippen LogP contribution in [0.4, 0.5) is 0 Å². The van der Waals surface area contributed by atoms with Crippen molar-refractivity contribution in [3.63, 3.8) is 0 Å². The van der Waals surface area contributed by atoms with Crippen molar-refractivity contribution in [3.05, 3.63) is 94.9 Å². The summed E-state index contributed by atoms with van der Waals surface area (Å²) in [6.07, 6.45) is 0. The van der Waals surface area contributed by atoms with Crippen molar-refractivity contribution in [1.82, 2.24) is 4.90 Å². The molecule has 0 spiro atoms. The van der Waals surface area contributed by atoms with Crippen molar-refractivity contribution < 1.29 is 18.7 Å². The van der Waals surface area contributed by atoms with Gasteiger partial charge in [-0.1, -0.05) is 60.7 Å². The van der Waals surface area contributed by atoms with Crippen molar-refractivity contribution in [2.45, 2.75) is 19.4 Å². The van der Waals surface area contributed by atoms with E-state index < -0.39 is 11.9 Å².